The molecule has 0 saturated heterocycles. The van der Waals surface area contributed by atoms with Crippen molar-refractivity contribution >= 4 is 17.9 Å². The number of rotatable bonds is 7. The Bertz CT molecular complexity index is 458. The van der Waals surface area contributed by atoms with E-state index >= 15 is 0 Å². The second kappa shape index (κ2) is 6.50. The Morgan fingerprint density at radius 1 is 0.947 bits per heavy atom. The maximum absolute atomic E-state index is 11.0. The second-order valence-corrected chi connectivity index (χ2v) is 3.86. The Labute approximate surface area is 108 Å². The Morgan fingerprint density at radius 2 is 1.47 bits per heavy atom. The summed E-state index contributed by atoms with van der Waals surface area (Å²) in [5, 5.41) is 28.5. The van der Waals surface area contributed by atoms with Crippen molar-refractivity contribution in [3.63, 3.8) is 0 Å². The van der Waals surface area contributed by atoms with E-state index in [1.165, 1.54) is 0 Å². The summed E-state index contributed by atoms with van der Waals surface area (Å²) < 4.78 is 0. The van der Waals surface area contributed by atoms with Crippen molar-refractivity contribution in [2.75, 3.05) is 0 Å². The van der Waals surface area contributed by atoms with Gasteiger partial charge in [-0.3, -0.25) is 10.1 Å². The van der Waals surface area contributed by atoms with Crippen LogP contribution in [0.4, 0.5) is 0 Å². The average Bonchev–Trinajstić information content (AvgIpc) is 2.34. The third-order valence-electron chi connectivity index (χ3n) is 2.44. The van der Waals surface area contributed by atoms with Crippen LogP contribution in [0.5, 0.6) is 0 Å². The molecule has 1 aromatic rings. The number of nitrogens with one attached hydrogen (secondary N) is 1. The van der Waals surface area contributed by atoms with Gasteiger partial charge in [-0.15, -0.1) is 0 Å². The first kappa shape index (κ1) is 14.7. The van der Waals surface area contributed by atoms with Gasteiger partial charge in [-0.05, 0) is 12.0 Å². The molecule has 0 aliphatic rings. The fraction of sp³-hybridized carbons (Fsp3) is 0.250. The van der Waals surface area contributed by atoms with E-state index in [2.05, 4.69) is 5.32 Å². The maximum atomic E-state index is 11.0. The molecule has 4 N–H and O–H groups in total. The summed E-state index contributed by atoms with van der Waals surface area (Å²) in [6.07, 6.45) is -0.00671. The molecule has 0 fully saturated rings. The van der Waals surface area contributed by atoms with Gasteiger partial charge in [0.15, 0.2) is 0 Å². The van der Waals surface area contributed by atoms with Crippen LogP contribution in [0.25, 0.3) is 0 Å². The molecule has 19 heavy (non-hydrogen) atoms. The largest absolute Gasteiger partial charge is 0.480 e. The van der Waals surface area contributed by atoms with E-state index < -0.39 is 30.0 Å². The summed E-state index contributed by atoms with van der Waals surface area (Å²) in [5.41, 5.74) is 0.664. The predicted molar refractivity (Wildman–Crippen MR) is 63.8 cm³/mol. The zero-order valence-electron chi connectivity index (χ0n) is 9.81. The zero-order valence-corrected chi connectivity index (χ0v) is 9.81. The number of benzene rings is 1. The normalized spacial score (nSPS) is 12.1. The third kappa shape index (κ3) is 4.40. The molecule has 0 spiro atoms. The number of carbonyl (C=O) groups is 3. The molecule has 0 bridgehead atoms. The lowest BCUT2D eigenvalue weighted by atomic mass is 10.1. The van der Waals surface area contributed by atoms with Gasteiger partial charge in [-0.2, -0.15) is 0 Å². The summed E-state index contributed by atoms with van der Waals surface area (Å²) in [4.78, 5) is 32.5. The van der Waals surface area contributed by atoms with Crippen LogP contribution in [0.1, 0.15) is 5.56 Å². The van der Waals surface area contributed by atoms with Gasteiger partial charge in [0.2, 0.25) is 6.04 Å². The van der Waals surface area contributed by atoms with E-state index in [1.54, 1.807) is 30.3 Å². The molecule has 0 aliphatic heterocycles. The van der Waals surface area contributed by atoms with Crippen LogP contribution in [-0.4, -0.2) is 45.3 Å². The van der Waals surface area contributed by atoms with Crippen molar-refractivity contribution in [3.8, 4) is 0 Å². The monoisotopic (exact) mass is 267 g/mol. The van der Waals surface area contributed by atoms with Crippen LogP contribution in [0.15, 0.2) is 30.3 Å². The smallest absolute Gasteiger partial charge is 0.332 e. The van der Waals surface area contributed by atoms with Gasteiger partial charge < -0.3 is 15.3 Å². The molecule has 7 nitrogen and oxygen atoms in total. The minimum absolute atomic E-state index is 0.00671. The number of carboxylic acids is 3. The first-order chi connectivity index (χ1) is 8.91. The van der Waals surface area contributed by atoms with Gasteiger partial charge in [-0.25, -0.2) is 9.59 Å². The first-order valence-corrected chi connectivity index (χ1v) is 5.40. The predicted octanol–water partition coefficient (Wildman–Crippen LogP) is -0.190. The lowest BCUT2D eigenvalue weighted by Crippen LogP contribution is -2.52. The minimum atomic E-state index is -1.95. The molecule has 0 aliphatic carbocycles. The highest BCUT2D eigenvalue weighted by Gasteiger charge is 2.31. The average molecular weight is 267 g/mol. The fourth-order valence-electron chi connectivity index (χ4n) is 1.52. The molecule has 0 heterocycles. The first-order valence-electron chi connectivity index (χ1n) is 5.40. The Morgan fingerprint density at radius 3 is 1.89 bits per heavy atom. The van der Waals surface area contributed by atoms with E-state index in [1.807, 2.05) is 0 Å². The summed E-state index contributed by atoms with van der Waals surface area (Å²) in [5.74, 6) is -4.57. The molecule has 102 valence electrons. The van der Waals surface area contributed by atoms with Crippen molar-refractivity contribution in [2.24, 2.45) is 0 Å². The molecule has 0 aromatic heterocycles. The van der Waals surface area contributed by atoms with Gasteiger partial charge in [0.05, 0.1) is 0 Å². The van der Waals surface area contributed by atoms with E-state index in [0.717, 1.165) is 0 Å². The van der Waals surface area contributed by atoms with Crippen LogP contribution >= 0.6 is 0 Å². The standard InChI is InChI=1S/C12H13NO6/c14-10(15)8(6-7-4-2-1-3-5-7)13-9(11(16)17)12(18)19/h1-5,8-9,13H,6H2,(H,14,15)(H,16,17)(H,18,19)/t8-/m0/s1. The Balaban J connectivity index is 2.81. The van der Waals surface area contributed by atoms with Crippen LogP contribution in [-0.2, 0) is 20.8 Å². The van der Waals surface area contributed by atoms with E-state index in [4.69, 9.17) is 15.3 Å². The van der Waals surface area contributed by atoms with E-state index in [0.29, 0.717) is 5.56 Å². The van der Waals surface area contributed by atoms with Crippen molar-refractivity contribution in [1.29, 1.82) is 0 Å². The Hall–Kier alpha value is -2.41. The quantitative estimate of drug-likeness (QED) is 0.505. The highest BCUT2D eigenvalue weighted by atomic mass is 16.4. The number of hydrogen-bond acceptors (Lipinski definition) is 4. The van der Waals surface area contributed by atoms with Crippen LogP contribution in [0, 0.1) is 0 Å². The zero-order chi connectivity index (χ0) is 14.4. The van der Waals surface area contributed by atoms with Crippen LogP contribution < -0.4 is 5.32 Å². The van der Waals surface area contributed by atoms with E-state index in [9.17, 15) is 14.4 Å². The molecule has 0 saturated carbocycles. The van der Waals surface area contributed by atoms with Crippen LogP contribution in [0.3, 0.4) is 0 Å². The highest BCUT2D eigenvalue weighted by Crippen LogP contribution is 2.04. The summed E-state index contributed by atoms with van der Waals surface area (Å²) >= 11 is 0. The molecule has 1 atom stereocenters. The molecule has 1 rings (SSSR count). The fourth-order valence-corrected chi connectivity index (χ4v) is 1.52. The molecule has 0 radical (unpaired) electrons. The Kier molecular flexibility index (Phi) is 5.01. The highest BCUT2D eigenvalue weighted by molar-refractivity contribution is 5.97. The molecule has 7 heteroatoms. The topological polar surface area (TPSA) is 124 Å². The van der Waals surface area contributed by atoms with Gasteiger partial charge in [0.25, 0.3) is 0 Å². The van der Waals surface area contributed by atoms with Crippen molar-refractivity contribution < 1.29 is 29.7 Å². The van der Waals surface area contributed by atoms with Gasteiger partial charge >= 0.3 is 17.9 Å². The number of aliphatic carboxylic acids is 3. The lowest BCUT2D eigenvalue weighted by molar-refractivity contribution is -0.152. The summed E-state index contributed by atoms with van der Waals surface area (Å²) in [6, 6.07) is 5.27. The van der Waals surface area contributed by atoms with E-state index in [-0.39, 0.29) is 6.42 Å². The molecule has 0 amide bonds. The number of carboxylic acid groups (broad SMARTS) is 3. The summed E-state index contributed by atoms with van der Waals surface area (Å²) in [6.45, 7) is 0. The van der Waals surface area contributed by atoms with Crippen molar-refractivity contribution in [3.05, 3.63) is 35.9 Å². The van der Waals surface area contributed by atoms with Gasteiger partial charge in [0, 0.05) is 0 Å². The second-order valence-electron chi connectivity index (χ2n) is 3.86. The molecular weight excluding hydrogens is 254 g/mol. The summed E-state index contributed by atoms with van der Waals surface area (Å²) in [7, 11) is 0. The SMILES string of the molecule is O=C(O)C(N[C@@H](Cc1ccccc1)C(=O)O)C(=O)O. The molecule has 1 aromatic carbocycles. The molecular formula is C12H13NO6. The van der Waals surface area contributed by atoms with Gasteiger partial charge in [0.1, 0.15) is 6.04 Å². The molecule has 0 unspecified atom stereocenters. The van der Waals surface area contributed by atoms with Crippen LogP contribution in [0.2, 0.25) is 0 Å². The van der Waals surface area contributed by atoms with Crippen molar-refractivity contribution in [1.82, 2.24) is 5.32 Å². The third-order valence-corrected chi connectivity index (χ3v) is 2.44. The van der Waals surface area contributed by atoms with Gasteiger partial charge in [-0.1, -0.05) is 30.3 Å². The number of hydrogen-bond donors (Lipinski definition) is 4. The van der Waals surface area contributed by atoms with Crippen molar-refractivity contribution in [2.45, 2.75) is 18.5 Å². The minimum Gasteiger partial charge on any atom is -0.480 e. The lowest BCUT2D eigenvalue weighted by Gasteiger charge is -2.17. The maximum Gasteiger partial charge on any atom is 0.332 e.